The Kier molecular flexibility index (Phi) is 17.3. The highest BCUT2D eigenvalue weighted by atomic mass is 79.9. The first-order valence-corrected chi connectivity index (χ1v) is 14.8. The molecule has 52 heavy (non-hydrogen) atoms. The van der Waals surface area contributed by atoms with E-state index in [2.05, 4.69) is 36.0 Å². The maximum absolute atomic E-state index is 13.3. The van der Waals surface area contributed by atoms with Crippen LogP contribution in [0.25, 0.3) is 0 Å². The molecule has 1 fully saturated rings. The summed E-state index contributed by atoms with van der Waals surface area (Å²) >= 11 is 3.54. The molecule has 4 rings (SSSR count). The molecule has 11 nitrogen and oxygen atoms in total. The molecular weight excluding hydrogens is 798 g/mol. The van der Waals surface area contributed by atoms with Crippen molar-refractivity contribution in [2.75, 3.05) is 42.5 Å². The summed E-state index contributed by atoms with van der Waals surface area (Å²) in [5.41, 5.74) is 3.68. The van der Waals surface area contributed by atoms with Gasteiger partial charge in [0, 0.05) is 66.5 Å². The Bertz CT molecular complexity index is 1580. The van der Waals surface area contributed by atoms with E-state index < -0.39 is 36.4 Å². The second kappa shape index (κ2) is 20.0. The zero-order chi connectivity index (χ0) is 39.9. The molecule has 2 heterocycles. The van der Waals surface area contributed by atoms with E-state index in [0.29, 0.717) is 18.5 Å². The summed E-state index contributed by atoms with van der Waals surface area (Å²) in [6.45, 7) is 4.02. The quantitative estimate of drug-likeness (QED) is 0.212. The third kappa shape index (κ3) is 17.2. The lowest BCUT2D eigenvalue weighted by atomic mass is 10.1. The van der Waals surface area contributed by atoms with E-state index in [1.807, 2.05) is 48.8 Å². The number of nitrogens with zero attached hydrogens (tertiary/aromatic N) is 3. The molecule has 1 saturated heterocycles. The number of halogens is 11. The van der Waals surface area contributed by atoms with Crippen molar-refractivity contribution in [3.8, 4) is 0 Å². The number of carboxylic acids is 3. The van der Waals surface area contributed by atoms with Gasteiger partial charge in [-0.3, -0.25) is 9.78 Å². The number of benzene rings is 2. The van der Waals surface area contributed by atoms with Crippen LogP contribution in [0.5, 0.6) is 0 Å². The van der Waals surface area contributed by atoms with Gasteiger partial charge in [0.15, 0.2) is 0 Å². The molecule has 0 bridgehead atoms. The van der Waals surface area contributed by atoms with Gasteiger partial charge in [0.2, 0.25) is 0 Å². The number of carbonyl (C=O) groups excluding carboxylic acids is 1. The molecule has 1 aliphatic heterocycles. The Hall–Kier alpha value is -5.15. The molecule has 0 radical (unpaired) electrons. The van der Waals surface area contributed by atoms with Crippen LogP contribution in [0, 0.1) is 5.82 Å². The van der Waals surface area contributed by atoms with Crippen molar-refractivity contribution in [2.24, 2.45) is 0 Å². The average molecular weight is 825 g/mol. The van der Waals surface area contributed by atoms with E-state index in [1.54, 1.807) is 6.07 Å². The summed E-state index contributed by atoms with van der Waals surface area (Å²) in [4.78, 5) is 48.1. The van der Waals surface area contributed by atoms with Gasteiger partial charge in [-0.25, -0.2) is 18.8 Å². The third-order valence-corrected chi connectivity index (χ3v) is 6.59. The summed E-state index contributed by atoms with van der Waals surface area (Å²) in [5.74, 6) is -8.66. The van der Waals surface area contributed by atoms with Gasteiger partial charge in [0.1, 0.15) is 5.82 Å². The molecule has 3 aromatic rings. The monoisotopic (exact) mass is 824 g/mol. The molecule has 286 valence electrons. The number of anilines is 2. The molecule has 4 N–H and O–H groups in total. The number of carboxylic acid groups (broad SMARTS) is 3. The van der Waals surface area contributed by atoms with E-state index in [4.69, 9.17) is 29.7 Å². The van der Waals surface area contributed by atoms with Gasteiger partial charge >= 0.3 is 36.4 Å². The predicted molar refractivity (Wildman–Crippen MR) is 166 cm³/mol. The fourth-order valence-corrected chi connectivity index (χ4v) is 4.26. The summed E-state index contributed by atoms with van der Waals surface area (Å²) in [5, 5.41) is 24.3. The summed E-state index contributed by atoms with van der Waals surface area (Å²) in [6, 6.07) is 16.3. The Balaban J connectivity index is 0.000000525. The minimum atomic E-state index is -5.08. The lowest BCUT2D eigenvalue weighted by molar-refractivity contribution is -0.193. The summed E-state index contributed by atoms with van der Waals surface area (Å²) in [7, 11) is 0. The number of amides is 1. The number of alkyl halides is 9. The van der Waals surface area contributed by atoms with Crippen molar-refractivity contribution in [2.45, 2.75) is 24.9 Å². The van der Waals surface area contributed by atoms with Crippen molar-refractivity contribution in [1.29, 1.82) is 0 Å². The lowest BCUT2D eigenvalue weighted by Gasteiger charge is -2.37. The number of pyridine rings is 1. The largest absolute Gasteiger partial charge is 0.490 e. The van der Waals surface area contributed by atoms with Crippen LogP contribution in [-0.2, 0) is 20.8 Å². The Morgan fingerprint density at radius 3 is 1.56 bits per heavy atom. The number of aromatic nitrogens is 1. The van der Waals surface area contributed by atoms with Crippen LogP contribution in [-0.4, -0.2) is 95.4 Å². The first-order valence-electron chi connectivity index (χ1n) is 14.0. The number of aliphatic carboxylic acids is 3. The fourth-order valence-electron chi connectivity index (χ4n) is 3.78. The smallest absolute Gasteiger partial charge is 0.475 e. The van der Waals surface area contributed by atoms with Gasteiger partial charge in [-0.2, -0.15) is 39.5 Å². The highest BCUT2D eigenvalue weighted by Crippen LogP contribution is 2.25. The first-order chi connectivity index (χ1) is 23.9. The predicted octanol–water partition coefficient (Wildman–Crippen LogP) is 6.18. The molecule has 0 unspecified atom stereocenters. The first kappa shape index (κ1) is 44.9. The summed E-state index contributed by atoms with van der Waals surface area (Å²) in [6.07, 6.45) is -11.0. The molecule has 1 aromatic heterocycles. The van der Waals surface area contributed by atoms with Crippen LogP contribution in [0.15, 0.2) is 71.5 Å². The van der Waals surface area contributed by atoms with Gasteiger partial charge in [-0.05, 0) is 54.4 Å². The number of piperazine rings is 1. The van der Waals surface area contributed by atoms with Crippen LogP contribution in [0.1, 0.15) is 15.9 Å². The molecule has 0 saturated carbocycles. The molecule has 0 spiro atoms. The number of hydrogen-bond donors (Lipinski definition) is 4. The lowest BCUT2D eigenvalue weighted by Crippen LogP contribution is -2.46. The topological polar surface area (TPSA) is 160 Å². The number of carbonyl (C=O) groups is 4. The van der Waals surface area contributed by atoms with E-state index in [0.717, 1.165) is 41.9 Å². The second-order valence-corrected chi connectivity index (χ2v) is 10.8. The van der Waals surface area contributed by atoms with E-state index in [9.17, 15) is 48.7 Å². The van der Waals surface area contributed by atoms with Gasteiger partial charge in [0.25, 0.3) is 5.91 Å². The normalized spacial score (nSPS) is 12.8. The maximum Gasteiger partial charge on any atom is 0.490 e. The van der Waals surface area contributed by atoms with Crippen molar-refractivity contribution >= 4 is 51.1 Å². The third-order valence-electron chi connectivity index (χ3n) is 6.13. The van der Waals surface area contributed by atoms with Gasteiger partial charge in [0.05, 0.1) is 0 Å². The van der Waals surface area contributed by atoms with Gasteiger partial charge in [-0.15, -0.1) is 0 Å². The highest BCUT2D eigenvalue weighted by Gasteiger charge is 2.39. The second-order valence-electron chi connectivity index (χ2n) is 9.92. The molecular formula is C30H27BrF10N4O7. The molecule has 1 aliphatic rings. The van der Waals surface area contributed by atoms with Crippen molar-refractivity contribution in [1.82, 2.24) is 10.3 Å². The van der Waals surface area contributed by atoms with Crippen LogP contribution >= 0.6 is 15.9 Å². The summed E-state index contributed by atoms with van der Waals surface area (Å²) < 4.78 is 109. The number of rotatable bonds is 6. The van der Waals surface area contributed by atoms with Gasteiger partial charge < -0.3 is 30.4 Å². The minimum absolute atomic E-state index is 0.130. The highest BCUT2D eigenvalue weighted by molar-refractivity contribution is 9.10. The van der Waals surface area contributed by atoms with Crippen molar-refractivity contribution < 1.29 is 78.4 Å². The van der Waals surface area contributed by atoms with Crippen LogP contribution in [0.4, 0.5) is 55.3 Å². The zero-order valence-electron chi connectivity index (χ0n) is 26.1. The van der Waals surface area contributed by atoms with Crippen LogP contribution in [0.3, 0.4) is 0 Å². The van der Waals surface area contributed by atoms with Crippen LogP contribution in [0.2, 0.25) is 0 Å². The van der Waals surface area contributed by atoms with E-state index in [-0.39, 0.29) is 11.7 Å². The average Bonchev–Trinajstić information content (AvgIpc) is 3.04. The Morgan fingerprint density at radius 2 is 1.13 bits per heavy atom. The minimum Gasteiger partial charge on any atom is -0.475 e. The Morgan fingerprint density at radius 1 is 0.692 bits per heavy atom. The fraction of sp³-hybridized carbons (Fsp3) is 0.300. The maximum atomic E-state index is 13.3. The van der Waals surface area contributed by atoms with E-state index >= 15 is 0 Å². The molecule has 0 atom stereocenters. The van der Waals surface area contributed by atoms with Crippen molar-refractivity contribution in [3.05, 3.63) is 88.4 Å². The SMILES string of the molecule is O=C(NCCc1cccc(F)c1)c1cc(Br)cc(N2CCN(c3ccncc3)CC2)c1.O=C(O)C(F)(F)F.O=C(O)C(F)(F)F.O=C(O)C(F)(F)F. The molecule has 2 aromatic carbocycles. The van der Waals surface area contributed by atoms with Gasteiger partial charge in [-0.1, -0.05) is 28.1 Å². The number of hydrogen-bond acceptors (Lipinski definition) is 7. The van der Waals surface area contributed by atoms with E-state index in [1.165, 1.54) is 17.8 Å². The molecule has 22 heteroatoms. The standard InChI is InChI=1S/C24H24BrFN4O.3C2HF3O2/c25-20-15-19(24(31)28-9-4-18-2-1-3-21(26)14-18)16-23(17-20)30-12-10-29(11-13-30)22-5-7-27-8-6-22;3*3-2(4,5)1(6)7/h1-3,5-8,14-17H,4,9-13H2,(H,28,31);3*(H,6,7). The number of nitrogens with one attached hydrogen (secondary N) is 1. The zero-order valence-corrected chi connectivity index (χ0v) is 27.7. The van der Waals surface area contributed by atoms with Crippen LogP contribution < -0.4 is 15.1 Å². The Labute approximate surface area is 295 Å². The molecule has 0 aliphatic carbocycles. The molecule has 1 amide bonds. The van der Waals surface area contributed by atoms with Crippen molar-refractivity contribution in [3.63, 3.8) is 0 Å².